The number of nitrogens with zero attached hydrogens (tertiary/aromatic N) is 1. The highest BCUT2D eigenvalue weighted by Crippen LogP contribution is 2.27. The molecular weight excluding hydrogens is 251 g/mol. The van der Waals surface area contributed by atoms with Gasteiger partial charge < -0.3 is 9.30 Å². The third kappa shape index (κ3) is 3.90. The molecule has 0 amide bonds. The number of hydrogen-bond acceptors (Lipinski definition) is 3. The molecule has 0 aliphatic heterocycles. The van der Waals surface area contributed by atoms with Crippen molar-refractivity contribution >= 4 is 5.97 Å². The van der Waals surface area contributed by atoms with Gasteiger partial charge in [-0.2, -0.15) is 13.2 Å². The molecule has 0 aliphatic rings. The van der Waals surface area contributed by atoms with Crippen molar-refractivity contribution in [3.05, 3.63) is 34.2 Å². The van der Waals surface area contributed by atoms with E-state index in [-0.39, 0.29) is 6.61 Å². The Morgan fingerprint density at radius 2 is 2.06 bits per heavy atom. The fourth-order valence-corrected chi connectivity index (χ4v) is 1.22. The van der Waals surface area contributed by atoms with Crippen molar-refractivity contribution in [3.63, 3.8) is 0 Å². The van der Waals surface area contributed by atoms with Crippen molar-refractivity contribution in [2.75, 3.05) is 6.61 Å². The number of ether oxygens (including phenoxy) is 1. The van der Waals surface area contributed by atoms with E-state index in [4.69, 9.17) is 4.74 Å². The summed E-state index contributed by atoms with van der Waals surface area (Å²) < 4.78 is 42.6. The van der Waals surface area contributed by atoms with Gasteiger partial charge in [-0.05, 0) is 12.5 Å². The molecule has 7 heteroatoms. The zero-order valence-corrected chi connectivity index (χ0v) is 9.66. The van der Waals surface area contributed by atoms with Crippen molar-refractivity contribution in [2.24, 2.45) is 0 Å². The number of alkyl halides is 3. The zero-order valence-electron chi connectivity index (χ0n) is 9.66. The minimum absolute atomic E-state index is 0.173. The van der Waals surface area contributed by atoms with Crippen molar-refractivity contribution in [1.29, 1.82) is 0 Å². The number of rotatable bonds is 4. The number of carbonyl (C=O) groups is 1. The van der Waals surface area contributed by atoms with Crippen molar-refractivity contribution < 1.29 is 22.7 Å². The largest absolute Gasteiger partial charge is 0.464 e. The maximum absolute atomic E-state index is 12.4. The van der Waals surface area contributed by atoms with Crippen LogP contribution in [0.4, 0.5) is 13.2 Å². The number of halogens is 3. The van der Waals surface area contributed by atoms with Gasteiger partial charge in [-0.25, -0.2) is 0 Å². The van der Waals surface area contributed by atoms with Crippen LogP contribution in [0.2, 0.25) is 0 Å². The third-order valence-corrected chi connectivity index (χ3v) is 2.08. The topological polar surface area (TPSA) is 48.3 Å². The van der Waals surface area contributed by atoms with Crippen LogP contribution in [-0.4, -0.2) is 17.1 Å². The van der Waals surface area contributed by atoms with Crippen LogP contribution in [0.3, 0.4) is 0 Å². The summed E-state index contributed by atoms with van der Waals surface area (Å²) in [4.78, 5) is 22.5. The molecule has 0 N–H and O–H groups in total. The Morgan fingerprint density at radius 1 is 1.39 bits per heavy atom. The van der Waals surface area contributed by atoms with Gasteiger partial charge in [-0.1, -0.05) is 6.92 Å². The van der Waals surface area contributed by atoms with Gasteiger partial charge >= 0.3 is 12.1 Å². The van der Waals surface area contributed by atoms with Gasteiger partial charge in [0.1, 0.15) is 6.54 Å². The Hall–Kier alpha value is -1.79. The van der Waals surface area contributed by atoms with Crippen LogP contribution in [0, 0.1) is 0 Å². The van der Waals surface area contributed by atoms with Crippen molar-refractivity contribution in [3.8, 4) is 0 Å². The lowest BCUT2D eigenvalue weighted by molar-refractivity contribution is -0.145. The van der Waals surface area contributed by atoms with Gasteiger partial charge in [0, 0.05) is 12.3 Å². The van der Waals surface area contributed by atoms with Gasteiger partial charge in [-0.15, -0.1) is 0 Å². The summed E-state index contributed by atoms with van der Waals surface area (Å²) >= 11 is 0. The fraction of sp³-hybridized carbons (Fsp3) is 0.455. The summed E-state index contributed by atoms with van der Waals surface area (Å²) in [7, 11) is 0. The molecule has 1 aromatic heterocycles. The van der Waals surface area contributed by atoms with Crippen LogP contribution in [0.5, 0.6) is 0 Å². The molecule has 1 heterocycles. The van der Waals surface area contributed by atoms with Gasteiger partial charge in [0.25, 0.3) is 5.56 Å². The first kappa shape index (κ1) is 14.3. The van der Waals surface area contributed by atoms with E-state index in [1.165, 1.54) is 0 Å². The highest BCUT2D eigenvalue weighted by molar-refractivity contribution is 5.69. The smallest absolute Gasteiger partial charge is 0.417 e. The van der Waals surface area contributed by atoms with E-state index in [9.17, 15) is 22.8 Å². The summed E-state index contributed by atoms with van der Waals surface area (Å²) in [6.45, 7) is 1.43. The average molecular weight is 263 g/mol. The van der Waals surface area contributed by atoms with E-state index >= 15 is 0 Å². The maximum Gasteiger partial charge on any atom is 0.417 e. The zero-order chi connectivity index (χ0) is 13.8. The Bertz CT molecular complexity index is 479. The van der Waals surface area contributed by atoms with Crippen LogP contribution >= 0.6 is 0 Å². The summed E-state index contributed by atoms with van der Waals surface area (Å²) in [5.74, 6) is -0.738. The van der Waals surface area contributed by atoms with Crippen LogP contribution in [0.1, 0.15) is 18.9 Å². The van der Waals surface area contributed by atoms with Crippen LogP contribution in [-0.2, 0) is 22.3 Å². The van der Waals surface area contributed by atoms with Crippen LogP contribution < -0.4 is 5.56 Å². The molecule has 18 heavy (non-hydrogen) atoms. The Morgan fingerprint density at radius 3 is 2.61 bits per heavy atom. The summed E-state index contributed by atoms with van der Waals surface area (Å²) in [6.07, 6.45) is -3.35. The average Bonchev–Trinajstić information content (AvgIpc) is 2.28. The summed E-state index contributed by atoms with van der Waals surface area (Å²) in [6, 6.07) is 1.45. The number of aromatic nitrogens is 1. The Balaban J connectivity index is 2.88. The first-order valence-electron chi connectivity index (χ1n) is 5.28. The van der Waals surface area contributed by atoms with E-state index in [0.29, 0.717) is 23.3 Å². The van der Waals surface area contributed by atoms with E-state index < -0.39 is 29.8 Å². The lowest BCUT2D eigenvalue weighted by Gasteiger charge is -2.10. The molecule has 0 radical (unpaired) electrons. The second kappa shape index (κ2) is 5.70. The molecule has 100 valence electrons. The molecule has 0 bridgehead atoms. The number of carbonyl (C=O) groups excluding carboxylic acids is 1. The van der Waals surface area contributed by atoms with Crippen molar-refractivity contribution in [1.82, 2.24) is 4.57 Å². The minimum atomic E-state index is -4.55. The number of pyridine rings is 1. The Labute approximate surface area is 101 Å². The number of hydrogen-bond donors (Lipinski definition) is 0. The van der Waals surface area contributed by atoms with Gasteiger partial charge in [0.15, 0.2) is 0 Å². The first-order valence-corrected chi connectivity index (χ1v) is 5.28. The standard InChI is InChI=1S/C11H12F3NO3/c1-2-5-18-10(17)7-15-6-8(11(12,13)14)3-4-9(15)16/h3-4,6H,2,5,7H2,1H3. The highest BCUT2D eigenvalue weighted by Gasteiger charge is 2.31. The molecule has 0 saturated heterocycles. The molecule has 4 nitrogen and oxygen atoms in total. The van der Waals surface area contributed by atoms with Crippen LogP contribution in [0.25, 0.3) is 0 Å². The molecular formula is C11H12F3NO3. The molecule has 0 fully saturated rings. The van der Waals surface area contributed by atoms with Gasteiger partial charge in [0.2, 0.25) is 0 Å². The van der Waals surface area contributed by atoms with E-state index in [1.807, 2.05) is 0 Å². The second-order valence-electron chi connectivity index (χ2n) is 3.60. The normalized spacial score (nSPS) is 11.3. The van der Waals surface area contributed by atoms with Crippen molar-refractivity contribution in [2.45, 2.75) is 26.1 Å². The molecule has 0 saturated carbocycles. The molecule has 0 aliphatic carbocycles. The second-order valence-corrected chi connectivity index (χ2v) is 3.60. The summed E-state index contributed by atoms with van der Waals surface area (Å²) in [5, 5.41) is 0. The lowest BCUT2D eigenvalue weighted by Crippen LogP contribution is -2.26. The summed E-state index contributed by atoms with van der Waals surface area (Å²) in [5.41, 5.74) is -1.66. The molecule has 1 aromatic rings. The Kier molecular flexibility index (Phi) is 4.52. The van der Waals surface area contributed by atoms with Gasteiger partial charge in [0.05, 0.1) is 12.2 Å². The first-order chi connectivity index (χ1) is 8.34. The minimum Gasteiger partial charge on any atom is -0.464 e. The molecule has 0 aromatic carbocycles. The molecule has 1 rings (SSSR count). The maximum atomic E-state index is 12.4. The predicted octanol–water partition coefficient (Wildman–Crippen LogP) is 1.82. The SMILES string of the molecule is CCCOC(=O)Cn1cc(C(F)(F)F)ccc1=O. The van der Waals surface area contributed by atoms with Crippen LogP contribution in [0.15, 0.2) is 23.1 Å². The third-order valence-electron chi connectivity index (χ3n) is 2.08. The lowest BCUT2D eigenvalue weighted by atomic mass is 10.3. The molecule has 0 spiro atoms. The van der Waals surface area contributed by atoms with E-state index in [1.54, 1.807) is 6.92 Å². The monoisotopic (exact) mass is 263 g/mol. The van der Waals surface area contributed by atoms with E-state index in [0.717, 1.165) is 6.07 Å². The highest BCUT2D eigenvalue weighted by atomic mass is 19.4. The molecule has 0 unspecified atom stereocenters. The number of esters is 1. The fourth-order valence-electron chi connectivity index (χ4n) is 1.22. The van der Waals surface area contributed by atoms with Gasteiger partial charge in [-0.3, -0.25) is 9.59 Å². The quantitative estimate of drug-likeness (QED) is 0.778. The predicted molar refractivity (Wildman–Crippen MR) is 57.0 cm³/mol. The van der Waals surface area contributed by atoms with E-state index in [2.05, 4.69) is 0 Å². The molecule has 0 atom stereocenters.